The van der Waals surface area contributed by atoms with Crippen molar-refractivity contribution < 1.29 is 29.0 Å². The summed E-state index contributed by atoms with van der Waals surface area (Å²) in [5.41, 5.74) is -0.354. The van der Waals surface area contributed by atoms with Gasteiger partial charge in [-0.05, 0) is 58.0 Å². The number of ether oxygens (including phenoxy) is 1. The van der Waals surface area contributed by atoms with Crippen LogP contribution < -0.4 is 10.6 Å². The van der Waals surface area contributed by atoms with E-state index in [9.17, 15) is 19.2 Å². The molecule has 9 nitrogen and oxygen atoms in total. The third-order valence-corrected chi connectivity index (χ3v) is 7.04. The number of amides is 3. The molecule has 0 aliphatic carbocycles. The number of urea groups is 1. The molecule has 1 unspecified atom stereocenters. The first-order valence-electron chi connectivity index (χ1n) is 10.3. The molecule has 180 valence electrons. The van der Waals surface area contributed by atoms with Crippen LogP contribution in [0.15, 0.2) is 41.3 Å². The monoisotopic (exact) mass is 503 g/mol. The van der Waals surface area contributed by atoms with Gasteiger partial charge in [-0.15, -0.1) is 11.3 Å². The Morgan fingerprint density at radius 2 is 1.94 bits per heavy atom. The van der Waals surface area contributed by atoms with Gasteiger partial charge < -0.3 is 20.5 Å². The van der Waals surface area contributed by atoms with Crippen LogP contribution in [0.25, 0.3) is 0 Å². The van der Waals surface area contributed by atoms with Crippen molar-refractivity contribution in [2.45, 2.75) is 44.9 Å². The second-order valence-electron chi connectivity index (χ2n) is 8.46. The Kier molecular flexibility index (Phi) is 7.83. The molecule has 1 saturated heterocycles. The highest BCUT2D eigenvalue weighted by Gasteiger charge is 2.45. The third-order valence-electron chi connectivity index (χ3n) is 4.59. The number of carbonyl (C=O) groups is 3. The first-order valence-corrected chi connectivity index (χ1v) is 12.0. The molecular formula is C23H25N3O6S2. The van der Waals surface area contributed by atoms with Gasteiger partial charge in [0, 0.05) is 15.4 Å². The molecule has 1 aromatic heterocycles. The molecule has 1 fully saturated rings. The van der Waals surface area contributed by atoms with Gasteiger partial charge in [-0.2, -0.15) is 0 Å². The van der Waals surface area contributed by atoms with Gasteiger partial charge >= 0.3 is 12.0 Å². The van der Waals surface area contributed by atoms with Crippen molar-refractivity contribution >= 4 is 52.6 Å². The van der Waals surface area contributed by atoms with E-state index in [4.69, 9.17) is 9.84 Å². The molecule has 0 bridgehead atoms. The zero-order valence-corrected chi connectivity index (χ0v) is 20.7. The molecule has 0 radical (unpaired) electrons. The molecule has 1 aromatic carbocycles. The molecule has 1 aliphatic rings. The lowest BCUT2D eigenvalue weighted by molar-refractivity contribution is -0.152. The smallest absolute Gasteiger partial charge is 0.335 e. The summed E-state index contributed by atoms with van der Waals surface area (Å²) in [4.78, 5) is 52.1. The fourth-order valence-corrected chi connectivity index (χ4v) is 5.45. The molecule has 1 aliphatic heterocycles. The zero-order chi connectivity index (χ0) is 25.0. The van der Waals surface area contributed by atoms with Gasteiger partial charge in [0.25, 0.3) is 0 Å². The quantitative estimate of drug-likeness (QED) is 0.509. The van der Waals surface area contributed by atoms with E-state index >= 15 is 0 Å². The first kappa shape index (κ1) is 25.5. The van der Waals surface area contributed by atoms with Crippen molar-refractivity contribution in [3.63, 3.8) is 0 Å². The minimum absolute atomic E-state index is 0.0207. The highest BCUT2D eigenvalue weighted by molar-refractivity contribution is 8.04. The summed E-state index contributed by atoms with van der Waals surface area (Å²) in [7, 11) is 0. The molecular weight excluding hydrogens is 478 g/mol. The zero-order valence-electron chi connectivity index (χ0n) is 19.1. The second kappa shape index (κ2) is 10.4. The van der Waals surface area contributed by atoms with Crippen LogP contribution in [0.2, 0.25) is 0 Å². The van der Waals surface area contributed by atoms with Gasteiger partial charge in [0.1, 0.15) is 16.2 Å². The molecule has 0 saturated carbocycles. The lowest BCUT2D eigenvalue weighted by Gasteiger charge is -2.32. The summed E-state index contributed by atoms with van der Waals surface area (Å²) >= 11 is 2.71. The van der Waals surface area contributed by atoms with Crippen molar-refractivity contribution in [2.24, 2.45) is 0 Å². The molecule has 3 N–H and O–H groups in total. The van der Waals surface area contributed by atoms with Gasteiger partial charge in [0.2, 0.25) is 5.91 Å². The lowest BCUT2D eigenvalue weighted by atomic mass is 10.2. The Bertz CT molecular complexity index is 1150. The topological polar surface area (TPSA) is 125 Å². The Morgan fingerprint density at radius 3 is 2.53 bits per heavy atom. The second-order valence-corrected chi connectivity index (χ2v) is 10.9. The molecule has 3 rings (SSSR count). The number of thioether (sulfide) groups is 1. The predicted octanol–water partition coefficient (Wildman–Crippen LogP) is 4.01. The number of nitrogens with zero attached hydrogens (tertiary/aromatic N) is 1. The highest BCUT2D eigenvalue weighted by Crippen LogP contribution is 2.50. The van der Waals surface area contributed by atoms with Crippen LogP contribution in [0.4, 0.5) is 10.5 Å². The van der Waals surface area contributed by atoms with E-state index < -0.39 is 35.1 Å². The number of benzene rings is 1. The number of rotatable bonds is 6. The van der Waals surface area contributed by atoms with Crippen LogP contribution in [-0.2, 0) is 14.3 Å². The molecule has 2 aromatic rings. The van der Waals surface area contributed by atoms with Crippen molar-refractivity contribution in [1.29, 1.82) is 0 Å². The predicted molar refractivity (Wildman–Crippen MR) is 130 cm³/mol. The van der Waals surface area contributed by atoms with Gasteiger partial charge in [0.15, 0.2) is 6.23 Å². The Morgan fingerprint density at radius 1 is 1.21 bits per heavy atom. The average molecular weight is 504 g/mol. The van der Waals surface area contributed by atoms with E-state index in [1.165, 1.54) is 52.3 Å². The van der Waals surface area contributed by atoms with E-state index in [0.29, 0.717) is 0 Å². The van der Waals surface area contributed by atoms with Crippen molar-refractivity contribution in [2.75, 3.05) is 11.9 Å². The minimum Gasteiger partial charge on any atom is -0.478 e. The van der Waals surface area contributed by atoms with Crippen molar-refractivity contribution in [3.8, 4) is 0 Å². The van der Waals surface area contributed by atoms with E-state index in [-0.39, 0.29) is 22.7 Å². The summed E-state index contributed by atoms with van der Waals surface area (Å²) in [6.07, 6.45) is -0.931. The van der Waals surface area contributed by atoms with Gasteiger partial charge in [0.05, 0.1) is 17.7 Å². The number of aromatic carboxylic acids is 1. The maximum Gasteiger partial charge on any atom is 0.335 e. The lowest BCUT2D eigenvalue weighted by Crippen LogP contribution is -2.47. The molecule has 34 heavy (non-hydrogen) atoms. The number of carboxylic acid groups (broad SMARTS) is 1. The normalized spacial score (nSPS) is 17.9. The average Bonchev–Trinajstić information content (AvgIpc) is 3.34. The van der Waals surface area contributed by atoms with Gasteiger partial charge in [-0.3, -0.25) is 9.69 Å². The third kappa shape index (κ3) is 6.27. The summed E-state index contributed by atoms with van der Waals surface area (Å²) in [5.74, 6) is 0.340. The van der Waals surface area contributed by atoms with Crippen LogP contribution in [0, 0.1) is 6.92 Å². The number of carbonyl (C=O) groups excluding carboxylic acids is 3. The van der Waals surface area contributed by atoms with E-state index in [1.807, 2.05) is 45.8 Å². The molecule has 3 amide bonds. The largest absolute Gasteiger partial charge is 0.478 e. The molecule has 2 atom stereocenters. The first-order chi connectivity index (χ1) is 16.0. The Labute approximate surface area is 205 Å². The summed E-state index contributed by atoms with van der Waals surface area (Å²) < 4.78 is 6.04. The fourth-order valence-electron chi connectivity index (χ4n) is 3.20. The number of hydrogen-bond acceptors (Lipinski definition) is 7. The van der Waals surface area contributed by atoms with Crippen LogP contribution in [0.3, 0.4) is 0 Å². The van der Waals surface area contributed by atoms with Crippen LogP contribution in [-0.4, -0.2) is 52.2 Å². The van der Waals surface area contributed by atoms with Crippen molar-refractivity contribution in [1.82, 2.24) is 10.2 Å². The van der Waals surface area contributed by atoms with Crippen molar-refractivity contribution in [3.05, 3.63) is 56.6 Å². The van der Waals surface area contributed by atoms with E-state index in [1.54, 1.807) is 0 Å². The van der Waals surface area contributed by atoms with Crippen LogP contribution >= 0.6 is 23.1 Å². The maximum absolute atomic E-state index is 13.3. The van der Waals surface area contributed by atoms with Crippen LogP contribution in [0.5, 0.6) is 0 Å². The maximum atomic E-state index is 13.3. The number of nitrogens with one attached hydrogen (secondary N) is 2. The standard InChI is InChI=1S/C23H25N3O6S2/c1-13-8-9-16(33-13)20-26(19(17(12-27)34-20)32-23(2,3)4)18(28)11-24-22(31)25-15-7-5-6-14(10-15)21(29)30/h5-10,19-20H,11H2,1-4H3,(H,29,30)(H2,24,25,31)/t19-,20?/m1/s1. The molecule has 11 heteroatoms. The molecule has 0 spiro atoms. The van der Waals surface area contributed by atoms with Gasteiger partial charge in [-0.1, -0.05) is 17.8 Å². The number of thiophene rings is 1. The highest BCUT2D eigenvalue weighted by atomic mass is 32.2. The van der Waals surface area contributed by atoms with E-state index in [2.05, 4.69) is 10.6 Å². The Hall–Kier alpha value is -3.11. The number of hydrogen-bond donors (Lipinski definition) is 3. The number of aryl methyl sites for hydroxylation is 1. The SMILES string of the molecule is Cc1ccc(C2SC(=C=O)[C@@H](OC(C)(C)C)N2C(=O)CNC(=O)Nc2cccc(C(=O)O)c2)s1. The Balaban J connectivity index is 1.76. The number of carboxylic acids is 1. The summed E-state index contributed by atoms with van der Waals surface area (Å²) in [6.45, 7) is 7.06. The van der Waals surface area contributed by atoms with E-state index in [0.717, 1.165) is 9.75 Å². The number of anilines is 1. The summed E-state index contributed by atoms with van der Waals surface area (Å²) in [6, 6.07) is 8.91. The fraction of sp³-hybridized carbons (Fsp3) is 0.348. The molecule has 2 heterocycles. The summed E-state index contributed by atoms with van der Waals surface area (Å²) in [5, 5.41) is 13.6. The minimum atomic E-state index is -1.12. The van der Waals surface area contributed by atoms with Crippen LogP contribution in [0.1, 0.15) is 46.3 Å². The van der Waals surface area contributed by atoms with Gasteiger partial charge in [-0.25, -0.2) is 14.4 Å².